The standard InChI is InChI=1S/C44H50F2N7O6/c1-22(2)13-37(54)53-24(5)7-12-34(53)40-47-18-33(49-40)27-8-10-29-28(15-27)21-58-36-17-30-26(16-31(29)36)9-11-32-39(30)50-41(48-32)35-14-25(20-59-43(45)46)19-52(35)42(55)38(23(3)4)51-44(56)57-6/h8-11,13,15-18,22-25,34-35,38,43H,7,12,14,19-21H2,1-6H3,(H,47,49)(H,48,50)(H,51,56)/t24-,25-,34-,35-,38-/m0/s1. The highest BCUT2D eigenvalue weighted by Crippen LogP contribution is 2.44. The number of fused-ring (bicyclic) bond motifs is 6. The normalized spacial score (nSPS) is 20.7. The summed E-state index contributed by atoms with van der Waals surface area (Å²) in [6, 6.07) is 12.9. The van der Waals surface area contributed by atoms with E-state index in [4.69, 9.17) is 19.4 Å². The lowest BCUT2D eigenvalue weighted by molar-refractivity contribution is -0.139. The van der Waals surface area contributed by atoms with Crippen LogP contribution in [0.4, 0.5) is 13.6 Å². The first-order valence-electron chi connectivity index (χ1n) is 20.3. The summed E-state index contributed by atoms with van der Waals surface area (Å²) < 4.78 is 42.0. The Labute approximate surface area is 341 Å². The topological polar surface area (TPSA) is 155 Å². The van der Waals surface area contributed by atoms with Gasteiger partial charge >= 0.3 is 12.7 Å². The number of amides is 3. The SMILES string of the molecule is COC(=O)N[C@H](C(=O)N1C[C@@H](COC(F)F)C[C@H]1c1nc2ccc3cc4c(cc3c2[nH]1)OCc1cc(-c2cnc([C@@H]3CC[C@H](C)N3C(=O)[CH]C(C)C)[nH]2)ccc1-4)C(C)C. The van der Waals surface area contributed by atoms with E-state index in [1.165, 1.54) is 7.11 Å². The van der Waals surface area contributed by atoms with Crippen molar-refractivity contribution in [2.45, 2.75) is 91.3 Å². The number of hydrogen-bond acceptors (Lipinski definition) is 8. The molecule has 15 heteroatoms. The summed E-state index contributed by atoms with van der Waals surface area (Å²) in [5, 5.41) is 4.47. The molecule has 3 aliphatic rings. The van der Waals surface area contributed by atoms with Crippen LogP contribution in [-0.2, 0) is 25.7 Å². The highest BCUT2D eigenvalue weighted by molar-refractivity contribution is 6.07. The molecule has 2 aromatic heterocycles. The molecule has 5 aromatic rings. The Kier molecular flexibility index (Phi) is 11.1. The number of alkyl halides is 2. The van der Waals surface area contributed by atoms with Crippen LogP contribution in [0, 0.1) is 24.2 Å². The third-order valence-electron chi connectivity index (χ3n) is 11.8. The van der Waals surface area contributed by atoms with Gasteiger partial charge in [-0.1, -0.05) is 45.9 Å². The van der Waals surface area contributed by atoms with Crippen LogP contribution >= 0.6 is 0 Å². The van der Waals surface area contributed by atoms with Gasteiger partial charge in [0.05, 0.1) is 55.1 Å². The number of hydrogen-bond donors (Lipinski definition) is 3. The van der Waals surface area contributed by atoms with E-state index in [2.05, 4.69) is 51.2 Å². The molecule has 8 rings (SSSR count). The minimum atomic E-state index is -2.93. The van der Waals surface area contributed by atoms with Crippen molar-refractivity contribution in [3.8, 4) is 28.1 Å². The van der Waals surface area contributed by atoms with Gasteiger partial charge in [0.25, 0.3) is 0 Å². The number of nitrogens with zero attached hydrogens (tertiary/aromatic N) is 4. The summed E-state index contributed by atoms with van der Waals surface area (Å²) in [4.78, 5) is 59.5. The van der Waals surface area contributed by atoms with E-state index in [1.54, 1.807) is 11.3 Å². The second-order valence-corrected chi connectivity index (χ2v) is 16.7. The van der Waals surface area contributed by atoms with E-state index in [0.717, 1.165) is 68.7 Å². The number of aromatic amines is 2. The summed E-state index contributed by atoms with van der Waals surface area (Å²) >= 11 is 0. The number of rotatable bonds is 11. The van der Waals surface area contributed by atoms with Crippen molar-refractivity contribution in [3.63, 3.8) is 0 Å². The van der Waals surface area contributed by atoms with Crippen LogP contribution in [-0.4, -0.2) is 86.6 Å². The Hall–Kier alpha value is -5.57. The number of H-pyrrole nitrogens is 2. The summed E-state index contributed by atoms with van der Waals surface area (Å²) in [6.45, 7) is 7.09. The number of imidazole rings is 2. The molecular formula is C44H50F2N7O6. The van der Waals surface area contributed by atoms with E-state index in [9.17, 15) is 23.2 Å². The maximum absolute atomic E-state index is 14.0. The van der Waals surface area contributed by atoms with E-state index >= 15 is 0 Å². The van der Waals surface area contributed by atoms with Crippen LogP contribution in [0.15, 0.2) is 48.7 Å². The third kappa shape index (κ3) is 7.84. The summed E-state index contributed by atoms with van der Waals surface area (Å²) in [6.07, 6.45) is 4.99. The maximum atomic E-state index is 14.0. The van der Waals surface area contributed by atoms with E-state index in [0.29, 0.717) is 24.4 Å². The number of ether oxygens (including phenoxy) is 3. The molecule has 2 fully saturated rings. The van der Waals surface area contributed by atoms with Gasteiger partial charge in [0.1, 0.15) is 30.0 Å². The minimum Gasteiger partial charge on any atom is -0.488 e. The molecule has 13 nitrogen and oxygen atoms in total. The molecule has 59 heavy (non-hydrogen) atoms. The highest BCUT2D eigenvalue weighted by atomic mass is 19.3. The molecule has 0 spiro atoms. The smallest absolute Gasteiger partial charge is 0.407 e. The Morgan fingerprint density at radius 3 is 2.58 bits per heavy atom. The molecule has 3 aromatic carbocycles. The van der Waals surface area contributed by atoms with E-state index in [1.807, 2.05) is 57.0 Å². The van der Waals surface area contributed by atoms with Gasteiger partial charge in [0.15, 0.2) is 0 Å². The van der Waals surface area contributed by atoms with Gasteiger partial charge in [-0.2, -0.15) is 8.78 Å². The Bertz CT molecular complexity index is 2390. The van der Waals surface area contributed by atoms with E-state index < -0.39 is 24.8 Å². The number of likely N-dealkylation sites (tertiary alicyclic amines) is 2. The average molecular weight is 811 g/mol. The van der Waals surface area contributed by atoms with Crippen LogP contribution in [0.3, 0.4) is 0 Å². The van der Waals surface area contributed by atoms with Crippen molar-refractivity contribution >= 4 is 39.7 Å². The number of aromatic nitrogens is 4. The van der Waals surface area contributed by atoms with Crippen LogP contribution < -0.4 is 10.1 Å². The van der Waals surface area contributed by atoms with Gasteiger partial charge in [0, 0.05) is 29.5 Å². The van der Waals surface area contributed by atoms with Crippen molar-refractivity contribution < 1.29 is 37.4 Å². The van der Waals surface area contributed by atoms with Crippen molar-refractivity contribution in [2.24, 2.45) is 17.8 Å². The first-order valence-corrected chi connectivity index (χ1v) is 20.3. The largest absolute Gasteiger partial charge is 0.488 e. The Balaban J connectivity index is 1.07. The minimum absolute atomic E-state index is 0.0473. The molecule has 0 unspecified atom stereocenters. The molecule has 311 valence electrons. The van der Waals surface area contributed by atoms with Gasteiger partial charge in [-0.25, -0.2) is 14.8 Å². The molecule has 5 heterocycles. The first kappa shape index (κ1) is 40.2. The fourth-order valence-corrected chi connectivity index (χ4v) is 8.92. The molecule has 0 saturated carbocycles. The van der Waals surface area contributed by atoms with Crippen LogP contribution in [0.25, 0.3) is 44.2 Å². The lowest BCUT2D eigenvalue weighted by Crippen LogP contribution is -2.51. The lowest BCUT2D eigenvalue weighted by Gasteiger charge is -2.30. The molecular weight excluding hydrogens is 761 g/mol. The van der Waals surface area contributed by atoms with Gasteiger partial charge in [0.2, 0.25) is 11.8 Å². The van der Waals surface area contributed by atoms with Crippen LogP contribution in [0.1, 0.15) is 83.2 Å². The van der Waals surface area contributed by atoms with Gasteiger partial charge < -0.3 is 39.3 Å². The zero-order valence-corrected chi connectivity index (χ0v) is 34.1. The number of carbonyl (C=O) groups excluding carboxylic acids is 3. The first-order chi connectivity index (χ1) is 28.3. The molecule has 3 amide bonds. The predicted molar refractivity (Wildman–Crippen MR) is 217 cm³/mol. The number of carbonyl (C=O) groups is 3. The molecule has 0 aliphatic carbocycles. The van der Waals surface area contributed by atoms with Gasteiger partial charge in [-0.15, -0.1) is 0 Å². The van der Waals surface area contributed by atoms with Crippen molar-refractivity contribution in [1.29, 1.82) is 0 Å². The zero-order valence-electron chi connectivity index (χ0n) is 34.1. The zero-order chi connectivity index (χ0) is 41.7. The maximum Gasteiger partial charge on any atom is 0.407 e. The second kappa shape index (κ2) is 16.2. The predicted octanol–water partition coefficient (Wildman–Crippen LogP) is 8.09. The third-order valence-corrected chi connectivity index (χ3v) is 11.8. The second-order valence-electron chi connectivity index (χ2n) is 16.7. The average Bonchev–Trinajstić information content (AvgIpc) is 4.03. The van der Waals surface area contributed by atoms with Gasteiger partial charge in [-0.05, 0) is 84.4 Å². The number of alkyl carbamates (subject to hydrolysis) is 1. The molecule has 1 radical (unpaired) electrons. The molecule has 0 bridgehead atoms. The summed E-state index contributed by atoms with van der Waals surface area (Å²) in [7, 11) is 1.23. The summed E-state index contributed by atoms with van der Waals surface area (Å²) in [5.41, 5.74) is 6.33. The van der Waals surface area contributed by atoms with Crippen molar-refractivity contribution in [3.05, 3.63) is 72.3 Å². The van der Waals surface area contributed by atoms with Crippen molar-refractivity contribution in [2.75, 3.05) is 20.3 Å². The number of methoxy groups -OCH3 is 1. The van der Waals surface area contributed by atoms with E-state index in [-0.39, 0.29) is 54.8 Å². The molecule has 3 N–H and O–H groups in total. The monoisotopic (exact) mass is 810 g/mol. The molecule has 3 aliphatic heterocycles. The Morgan fingerprint density at radius 1 is 1.02 bits per heavy atom. The fourth-order valence-electron chi connectivity index (χ4n) is 8.92. The van der Waals surface area contributed by atoms with Gasteiger partial charge in [-0.3, -0.25) is 9.59 Å². The molecule has 2 saturated heterocycles. The van der Waals surface area contributed by atoms with Crippen molar-refractivity contribution in [1.82, 2.24) is 35.1 Å². The van der Waals surface area contributed by atoms with Crippen LogP contribution in [0.5, 0.6) is 5.75 Å². The highest BCUT2D eigenvalue weighted by Gasteiger charge is 2.42. The number of benzene rings is 3. The molecule has 5 atom stereocenters. The quantitative estimate of drug-likeness (QED) is 0.121. The fraction of sp³-hybridized carbons (Fsp3) is 0.455. The van der Waals surface area contributed by atoms with Crippen LogP contribution in [0.2, 0.25) is 0 Å². The number of nitrogens with one attached hydrogen (secondary N) is 3. The lowest BCUT2D eigenvalue weighted by atomic mass is 9.92. The summed E-state index contributed by atoms with van der Waals surface area (Å²) in [5.74, 6) is 1.22. The number of halogens is 2. The Morgan fingerprint density at radius 2 is 1.83 bits per heavy atom.